The van der Waals surface area contributed by atoms with Crippen LogP contribution < -0.4 is 11.3 Å². The first-order chi connectivity index (χ1) is 7.27. The normalized spacial score (nSPS) is 9.93. The standard InChI is InChI=1S/C11H10N4/c1-7-10(6-12)8-4-2-3-5-9(8)11(14-7)15-13/h2-5H,13H2,1H3,(H,14,15). The summed E-state index contributed by atoms with van der Waals surface area (Å²) in [5, 5.41) is 10.8. The summed E-state index contributed by atoms with van der Waals surface area (Å²) in [5.74, 6) is 5.98. The number of aromatic nitrogens is 1. The number of aryl methyl sites for hydroxylation is 1. The van der Waals surface area contributed by atoms with Crippen LogP contribution in [0.25, 0.3) is 10.8 Å². The number of pyridine rings is 1. The smallest absolute Gasteiger partial charge is 0.148 e. The Labute approximate surface area is 87.3 Å². The molecular formula is C11H10N4. The number of nitrogens with two attached hydrogens (primary N) is 1. The van der Waals surface area contributed by atoms with Crippen LogP contribution in [0.5, 0.6) is 0 Å². The number of rotatable bonds is 1. The number of nitrogen functional groups attached to an aromatic ring is 1. The van der Waals surface area contributed by atoms with Crippen LogP contribution in [-0.2, 0) is 0 Å². The lowest BCUT2D eigenvalue weighted by Crippen LogP contribution is -2.10. The molecule has 0 saturated carbocycles. The van der Waals surface area contributed by atoms with E-state index in [9.17, 15) is 0 Å². The fraction of sp³-hybridized carbons (Fsp3) is 0.0909. The van der Waals surface area contributed by atoms with E-state index in [1.807, 2.05) is 24.3 Å². The lowest BCUT2D eigenvalue weighted by molar-refractivity contribution is 1.17. The summed E-state index contributed by atoms with van der Waals surface area (Å²) in [5.41, 5.74) is 3.83. The molecule has 0 aliphatic heterocycles. The van der Waals surface area contributed by atoms with Gasteiger partial charge in [0.1, 0.15) is 11.9 Å². The van der Waals surface area contributed by atoms with Gasteiger partial charge in [-0.15, -0.1) is 0 Å². The first-order valence-corrected chi connectivity index (χ1v) is 4.54. The Kier molecular flexibility index (Phi) is 2.24. The summed E-state index contributed by atoms with van der Waals surface area (Å²) >= 11 is 0. The van der Waals surface area contributed by atoms with E-state index in [0.29, 0.717) is 17.1 Å². The molecule has 2 aromatic rings. The number of hydrogen-bond donors (Lipinski definition) is 2. The highest BCUT2D eigenvalue weighted by molar-refractivity contribution is 5.96. The largest absolute Gasteiger partial charge is 0.308 e. The SMILES string of the molecule is Cc1nc(NN)c2ccccc2c1C#N. The van der Waals surface area contributed by atoms with Gasteiger partial charge in [0.05, 0.1) is 11.3 Å². The van der Waals surface area contributed by atoms with Gasteiger partial charge in [-0.3, -0.25) is 0 Å². The Bertz CT molecular complexity index is 554. The number of nitriles is 1. The van der Waals surface area contributed by atoms with Gasteiger partial charge in [0, 0.05) is 10.8 Å². The number of nitrogens with one attached hydrogen (secondary N) is 1. The second-order valence-corrected chi connectivity index (χ2v) is 3.22. The van der Waals surface area contributed by atoms with Crippen molar-refractivity contribution in [3.8, 4) is 6.07 Å². The van der Waals surface area contributed by atoms with E-state index in [1.54, 1.807) is 6.92 Å². The second kappa shape index (κ2) is 3.56. The predicted molar refractivity (Wildman–Crippen MR) is 59.0 cm³/mol. The average molecular weight is 198 g/mol. The zero-order valence-corrected chi connectivity index (χ0v) is 8.28. The van der Waals surface area contributed by atoms with Gasteiger partial charge in [0.25, 0.3) is 0 Å². The zero-order valence-electron chi connectivity index (χ0n) is 8.28. The minimum atomic E-state index is 0.599. The molecule has 0 bridgehead atoms. The lowest BCUT2D eigenvalue weighted by atomic mass is 10.1. The molecule has 15 heavy (non-hydrogen) atoms. The van der Waals surface area contributed by atoms with Gasteiger partial charge in [-0.1, -0.05) is 24.3 Å². The molecule has 4 nitrogen and oxygen atoms in total. The Morgan fingerprint density at radius 2 is 2.00 bits per heavy atom. The van der Waals surface area contributed by atoms with Crippen LogP contribution in [0.15, 0.2) is 24.3 Å². The van der Waals surface area contributed by atoms with Crippen LogP contribution in [0, 0.1) is 18.3 Å². The number of fused-ring (bicyclic) bond motifs is 1. The van der Waals surface area contributed by atoms with E-state index in [2.05, 4.69) is 16.5 Å². The Hall–Kier alpha value is -2.12. The molecule has 0 spiro atoms. The van der Waals surface area contributed by atoms with Crippen LogP contribution in [0.3, 0.4) is 0 Å². The first kappa shape index (κ1) is 9.44. The van der Waals surface area contributed by atoms with Crippen molar-refractivity contribution in [3.63, 3.8) is 0 Å². The number of hydrazine groups is 1. The molecular weight excluding hydrogens is 188 g/mol. The monoisotopic (exact) mass is 198 g/mol. The first-order valence-electron chi connectivity index (χ1n) is 4.54. The summed E-state index contributed by atoms with van der Waals surface area (Å²) in [6, 6.07) is 9.72. The van der Waals surface area contributed by atoms with Gasteiger partial charge in [0.15, 0.2) is 0 Å². The van der Waals surface area contributed by atoms with Crippen molar-refractivity contribution in [2.75, 3.05) is 5.43 Å². The molecule has 0 amide bonds. The van der Waals surface area contributed by atoms with Gasteiger partial charge in [0.2, 0.25) is 0 Å². The molecule has 0 aliphatic rings. The van der Waals surface area contributed by atoms with Gasteiger partial charge in [-0.2, -0.15) is 5.26 Å². The minimum absolute atomic E-state index is 0.599. The third-order valence-corrected chi connectivity index (χ3v) is 2.34. The topological polar surface area (TPSA) is 74.7 Å². The number of benzene rings is 1. The average Bonchev–Trinajstić information content (AvgIpc) is 2.28. The maximum atomic E-state index is 9.04. The van der Waals surface area contributed by atoms with Crippen LogP contribution in [0.2, 0.25) is 0 Å². The molecule has 74 valence electrons. The second-order valence-electron chi connectivity index (χ2n) is 3.22. The third-order valence-electron chi connectivity index (χ3n) is 2.34. The molecule has 0 aliphatic carbocycles. The maximum absolute atomic E-state index is 9.04. The fourth-order valence-electron chi connectivity index (χ4n) is 1.64. The molecule has 3 N–H and O–H groups in total. The summed E-state index contributed by atoms with van der Waals surface area (Å²) in [7, 11) is 0. The van der Waals surface area contributed by atoms with Crippen molar-refractivity contribution < 1.29 is 0 Å². The van der Waals surface area contributed by atoms with Crippen LogP contribution in [0.1, 0.15) is 11.3 Å². The highest BCUT2D eigenvalue weighted by Crippen LogP contribution is 2.25. The number of anilines is 1. The number of hydrogen-bond acceptors (Lipinski definition) is 4. The number of nitrogens with zero attached hydrogens (tertiary/aromatic N) is 2. The Morgan fingerprint density at radius 1 is 1.33 bits per heavy atom. The molecule has 0 saturated heterocycles. The molecule has 1 aromatic carbocycles. The molecule has 0 atom stereocenters. The Morgan fingerprint density at radius 3 is 2.60 bits per heavy atom. The van der Waals surface area contributed by atoms with Crippen molar-refractivity contribution in [1.29, 1.82) is 5.26 Å². The van der Waals surface area contributed by atoms with Crippen molar-refractivity contribution >= 4 is 16.6 Å². The molecule has 0 unspecified atom stereocenters. The van der Waals surface area contributed by atoms with E-state index < -0.39 is 0 Å². The highest BCUT2D eigenvalue weighted by atomic mass is 15.2. The van der Waals surface area contributed by atoms with Crippen LogP contribution >= 0.6 is 0 Å². The minimum Gasteiger partial charge on any atom is -0.308 e. The quantitative estimate of drug-likeness (QED) is 0.540. The molecule has 0 radical (unpaired) electrons. The molecule has 4 heteroatoms. The van der Waals surface area contributed by atoms with E-state index in [4.69, 9.17) is 11.1 Å². The molecule has 1 aromatic heterocycles. The summed E-state index contributed by atoms with van der Waals surface area (Å²) in [6.45, 7) is 1.80. The molecule has 2 rings (SSSR count). The van der Waals surface area contributed by atoms with Gasteiger partial charge in [-0.25, -0.2) is 10.8 Å². The summed E-state index contributed by atoms with van der Waals surface area (Å²) < 4.78 is 0. The van der Waals surface area contributed by atoms with Crippen molar-refractivity contribution in [3.05, 3.63) is 35.5 Å². The third kappa shape index (κ3) is 1.39. The van der Waals surface area contributed by atoms with Gasteiger partial charge in [-0.05, 0) is 6.92 Å². The van der Waals surface area contributed by atoms with E-state index in [-0.39, 0.29) is 0 Å². The highest BCUT2D eigenvalue weighted by Gasteiger charge is 2.09. The lowest BCUT2D eigenvalue weighted by Gasteiger charge is -2.08. The van der Waals surface area contributed by atoms with E-state index >= 15 is 0 Å². The van der Waals surface area contributed by atoms with Crippen molar-refractivity contribution in [2.24, 2.45) is 5.84 Å². The zero-order chi connectivity index (χ0) is 10.8. The van der Waals surface area contributed by atoms with Gasteiger partial charge >= 0.3 is 0 Å². The van der Waals surface area contributed by atoms with E-state index in [0.717, 1.165) is 10.8 Å². The Balaban J connectivity index is 2.94. The van der Waals surface area contributed by atoms with E-state index in [1.165, 1.54) is 0 Å². The van der Waals surface area contributed by atoms with Crippen LogP contribution in [0.4, 0.5) is 5.82 Å². The van der Waals surface area contributed by atoms with Crippen molar-refractivity contribution in [1.82, 2.24) is 4.98 Å². The fourth-order valence-corrected chi connectivity index (χ4v) is 1.64. The summed E-state index contributed by atoms with van der Waals surface area (Å²) in [6.07, 6.45) is 0. The molecule has 0 fully saturated rings. The van der Waals surface area contributed by atoms with Crippen LogP contribution in [-0.4, -0.2) is 4.98 Å². The van der Waals surface area contributed by atoms with Crippen molar-refractivity contribution in [2.45, 2.75) is 6.92 Å². The predicted octanol–water partition coefficient (Wildman–Crippen LogP) is 1.70. The maximum Gasteiger partial charge on any atom is 0.148 e. The summed E-state index contributed by atoms with van der Waals surface area (Å²) in [4.78, 5) is 4.23. The van der Waals surface area contributed by atoms with Gasteiger partial charge < -0.3 is 5.43 Å². The molecule has 1 heterocycles.